The van der Waals surface area contributed by atoms with E-state index in [4.69, 9.17) is 14.2 Å². The van der Waals surface area contributed by atoms with E-state index in [1.54, 1.807) is 31.2 Å². The first-order valence-electron chi connectivity index (χ1n) is 9.16. The van der Waals surface area contributed by atoms with Gasteiger partial charge in [-0.2, -0.15) is 0 Å². The van der Waals surface area contributed by atoms with Gasteiger partial charge < -0.3 is 24.4 Å². The number of para-hydroxylation sites is 1. The molecule has 2 aromatic carbocycles. The molecule has 1 N–H and O–H groups in total. The molecule has 0 saturated carbocycles. The molecule has 0 radical (unpaired) electrons. The van der Waals surface area contributed by atoms with Crippen LogP contribution in [0, 0.1) is 0 Å². The number of amides is 1. The molecule has 3 rings (SSSR count). The molecule has 2 aromatic rings. The van der Waals surface area contributed by atoms with Gasteiger partial charge >= 0.3 is 5.97 Å². The SMILES string of the molecule is COC(=O)c1cc(N2CCOCC2)ccc1NC(=O)C(C)Oc1ccccc1. The van der Waals surface area contributed by atoms with Gasteiger partial charge in [-0.1, -0.05) is 18.2 Å². The minimum atomic E-state index is -0.730. The van der Waals surface area contributed by atoms with E-state index in [0.717, 1.165) is 18.8 Å². The maximum absolute atomic E-state index is 12.6. The molecule has 7 nitrogen and oxygen atoms in total. The number of ether oxygens (including phenoxy) is 3. The zero-order chi connectivity index (χ0) is 19.9. The summed E-state index contributed by atoms with van der Waals surface area (Å²) in [5, 5.41) is 2.77. The summed E-state index contributed by atoms with van der Waals surface area (Å²) in [7, 11) is 1.32. The maximum atomic E-state index is 12.6. The van der Waals surface area contributed by atoms with Crippen molar-refractivity contribution < 1.29 is 23.8 Å². The molecule has 1 amide bonds. The van der Waals surface area contributed by atoms with Crippen molar-refractivity contribution in [3.05, 3.63) is 54.1 Å². The second-order valence-corrected chi connectivity index (χ2v) is 6.38. The number of anilines is 2. The van der Waals surface area contributed by atoms with Crippen molar-refractivity contribution in [3.63, 3.8) is 0 Å². The number of methoxy groups -OCH3 is 1. The third kappa shape index (κ3) is 4.80. The number of carbonyl (C=O) groups excluding carboxylic acids is 2. The quantitative estimate of drug-likeness (QED) is 0.772. The molecule has 148 valence electrons. The second-order valence-electron chi connectivity index (χ2n) is 6.38. The van der Waals surface area contributed by atoms with Gasteiger partial charge in [0.1, 0.15) is 5.75 Å². The number of hydrogen-bond acceptors (Lipinski definition) is 6. The first kappa shape index (κ1) is 19.7. The molecule has 1 unspecified atom stereocenters. The third-order valence-electron chi connectivity index (χ3n) is 4.47. The lowest BCUT2D eigenvalue weighted by molar-refractivity contribution is -0.122. The van der Waals surface area contributed by atoms with Gasteiger partial charge in [0.25, 0.3) is 5.91 Å². The molecule has 1 atom stereocenters. The highest BCUT2D eigenvalue weighted by atomic mass is 16.5. The van der Waals surface area contributed by atoms with Gasteiger partial charge in [-0.05, 0) is 37.3 Å². The van der Waals surface area contributed by atoms with Crippen molar-refractivity contribution in [2.24, 2.45) is 0 Å². The highest BCUT2D eigenvalue weighted by Gasteiger charge is 2.21. The van der Waals surface area contributed by atoms with Gasteiger partial charge in [-0.3, -0.25) is 4.79 Å². The summed E-state index contributed by atoms with van der Waals surface area (Å²) in [6.07, 6.45) is -0.730. The van der Waals surface area contributed by atoms with Crippen molar-refractivity contribution in [2.75, 3.05) is 43.6 Å². The van der Waals surface area contributed by atoms with Gasteiger partial charge in [0.2, 0.25) is 0 Å². The van der Waals surface area contributed by atoms with E-state index in [2.05, 4.69) is 10.2 Å². The van der Waals surface area contributed by atoms with Gasteiger partial charge in [0.05, 0.1) is 31.6 Å². The molecule has 1 heterocycles. The normalized spacial score (nSPS) is 14.9. The topological polar surface area (TPSA) is 77.1 Å². The number of nitrogens with zero attached hydrogens (tertiary/aromatic N) is 1. The first-order chi connectivity index (χ1) is 13.6. The lowest BCUT2D eigenvalue weighted by Gasteiger charge is -2.29. The van der Waals surface area contributed by atoms with E-state index >= 15 is 0 Å². The molecule has 0 bridgehead atoms. The van der Waals surface area contributed by atoms with E-state index in [1.807, 2.05) is 24.3 Å². The second kappa shape index (κ2) is 9.23. The summed E-state index contributed by atoms with van der Waals surface area (Å²) < 4.78 is 15.9. The standard InChI is InChI=1S/C21H24N2O5/c1-15(28-17-6-4-3-5-7-17)20(24)22-19-9-8-16(14-18(19)21(25)26-2)23-10-12-27-13-11-23/h3-9,14-15H,10-13H2,1-2H3,(H,22,24). The van der Waals surface area contributed by atoms with Crippen LogP contribution in [0.2, 0.25) is 0 Å². The van der Waals surface area contributed by atoms with Crippen LogP contribution >= 0.6 is 0 Å². The first-order valence-corrected chi connectivity index (χ1v) is 9.16. The molecule has 0 aromatic heterocycles. The van der Waals surface area contributed by atoms with E-state index < -0.39 is 12.1 Å². The van der Waals surface area contributed by atoms with Crippen LogP contribution in [-0.4, -0.2) is 51.4 Å². The number of rotatable bonds is 6. The molecule has 28 heavy (non-hydrogen) atoms. The average Bonchev–Trinajstić information content (AvgIpc) is 2.74. The Balaban J connectivity index is 1.76. The summed E-state index contributed by atoms with van der Waals surface area (Å²) in [6, 6.07) is 14.4. The highest BCUT2D eigenvalue weighted by Crippen LogP contribution is 2.25. The highest BCUT2D eigenvalue weighted by molar-refractivity contribution is 6.03. The van der Waals surface area contributed by atoms with Crippen LogP contribution < -0.4 is 15.0 Å². The summed E-state index contributed by atoms with van der Waals surface area (Å²) in [5.74, 6) is -0.267. The van der Waals surface area contributed by atoms with Gasteiger partial charge in [0.15, 0.2) is 6.10 Å². The Morgan fingerprint density at radius 2 is 1.82 bits per heavy atom. The Morgan fingerprint density at radius 3 is 2.50 bits per heavy atom. The van der Waals surface area contributed by atoms with Gasteiger partial charge in [-0.15, -0.1) is 0 Å². The summed E-state index contributed by atoms with van der Waals surface area (Å²) >= 11 is 0. The lowest BCUT2D eigenvalue weighted by Crippen LogP contribution is -2.36. The summed E-state index contributed by atoms with van der Waals surface area (Å²) in [5.41, 5.74) is 1.57. The van der Waals surface area contributed by atoms with E-state index in [-0.39, 0.29) is 5.91 Å². The van der Waals surface area contributed by atoms with Gasteiger partial charge in [-0.25, -0.2) is 4.79 Å². The zero-order valence-corrected chi connectivity index (χ0v) is 16.0. The molecule has 1 aliphatic rings. The largest absolute Gasteiger partial charge is 0.481 e. The minimum Gasteiger partial charge on any atom is -0.481 e. The van der Waals surface area contributed by atoms with E-state index in [9.17, 15) is 9.59 Å². The Kier molecular flexibility index (Phi) is 6.49. The summed E-state index contributed by atoms with van der Waals surface area (Å²) in [6.45, 7) is 4.42. The Labute approximate surface area is 164 Å². The summed E-state index contributed by atoms with van der Waals surface area (Å²) in [4.78, 5) is 26.9. The fraction of sp³-hybridized carbons (Fsp3) is 0.333. The predicted molar refractivity (Wildman–Crippen MR) is 106 cm³/mol. The van der Waals surface area contributed by atoms with Crippen LogP contribution in [0.3, 0.4) is 0 Å². The molecule has 0 spiro atoms. The molecule has 0 aliphatic carbocycles. The molecule has 1 fully saturated rings. The Hall–Kier alpha value is -3.06. The maximum Gasteiger partial charge on any atom is 0.340 e. The zero-order valence-electron chi connectivity index (χ0n) is 16.0. The molecule has 1 saturated heterocycles. The van der Waals surface area contributed by atoms with E-state index in [1.165, 1.54) is 7.11 Å². The van der Waals surface area contributed by atoms with Crippen molar-refractivity contribution in [3.8, 4) is 5.75 Å². The van der Waals surface area contributed by atoms with Crippen LogP contribution in [0.15, 0.2) is 48.5 Å². The monoisotopic (exact) mass is 384 g/mol. The van der Waals surface area contributed by atoms with Crippen molar-refractivity contribution in [1.29, 1.82) is 0 Å². The van der Waals surface area contributed by atoms with Crippen molar-refractivity contribution in [1.82, 2.24) is 0 Å². The smallest absolute Gasteiger partial charge is 0.340 e. The van der Waals surface area contributed by atoms with Crippen LogP contribution in [0.25, 0.3) is 0 Å². The number of morpholine rings is 1. The number of hydrogen-bond donors (Lipinski definition) is 1. The van der Waals surface area contributed by atoms with Crippen LogP contribution in [-0.2, 0) is 14.3 Å². The van der Waals surface area contributed by atoms with Crippen molar-refractivity contribution >= 4 is 23.3 Å². The number of benzene rings is 2. The Morgan fingerprint density at radius 1 is 1.11 bits per heavy atom. The third-order valence-corrected chi connectivity index (χ3v) is 4.47. The van der Waals surface area contributed by atoms with E-state index in [0.29, 0.717) is 30.2 Å². The van der Waals surface area contributed by atoms with Crippen LogP contribution in [0.1, 0.15) is 17.3 Å². The van der Waals surface area contributed by atoms with Gasteiger partial charge in [0, 0.05) is 18.8 Å². The number of nitrogens with one attached hydrogen (secondary N) is 1. The minimum absolute atomic E-state index is 0.298. The molecule has 7 heteroatoms. The van der Waals surface area contributed by atoms with Crippen molar-refractivity contribution in [2.45, 2.75) is 13.0 Å². The number of carbonyl (C=O) groups is 2. The lowest BCUT2D eigenvalue weighted by atomic mass is 10.1. The Bertz CT molecular complexity index is 819. The number of esters is 1. The molecular weight excluding hydrogens is 360 g/mol. The molecular formula is C21H24N2O5. The fourth-order valence-electron chi connectivity index (χ4n) is 2.93. The predicted octanol–water partition coefficient (Wildman–Crippen LogP) is 2.72. The van der Waals surface area contributed by atoms with Crippen LogP contribution in [0.5, 0.6) is 5.75 Å². The van der Waals surface area contributed by atoms with Crippen LogP contribution in [0.4, 0.5) is 11.4 Å². The molecule has 1 aliphatic heterocycles. The average molecular weight is 384 g/mol. The fourth-order valence-corrected chi connectivity index (χ4v) is 2.93.